The fourth-order valence-corrected chi connectivity index (χ4v) is 8.00. The number of hydrogen-bond donors (Lipinski definition) is 0. The van der Waals surface area contributed by atoms with E-state index in [0.717, 1.165) is 33.6 Å². The number of furan rings is 1. The topological polar surface area (TPSA) is 16.4 Å². The molecule has 1 aromatic heterocycles. The van der Waals surface area contributed by atoms with E-state index in [1.807, 2.05) is 0 Å². The summed E-state index contributed by atoms with van der Waals surface area (Å²) in [5, 5.41) is 6.08. The summed E-state index contributed by atoms with van der Waals surface area (Å²) in [6, 6.07) is 60.0. The van der Waals surface area contributed by atoms with Gasteiger partial charge in [-0.25, -0.2) is 0 Å². The summed E-state index contributed by atoms with van der Waals surface area (Å²) in [6.45, 7) is 6.80. The highest BCUT2D eigenvalue weighted by Crippen LogP contribution is 2.52. The van der Waals surface area contributed by atoms with E-state index in [0.29, 0.717) is 0 Å². The third-order valence-electron chi connectivity index (χ3n) is 10.8. The molecule has 248 valence electrons. The Kier molecular flexibility index (Phi) is 6.78. The molecule has 0 amide bonds. The first-order chi connectivity index (χ1) is 25.4. The minimum absolute atomic E-state index is 0.0542. The molecule has 0 atom stereocenters. The van der Waals surface area contributed by atoms with Crippen molar-refractivity contribution in [3.05, 3.63) is 176 Å². The molecule has 8 aromatic carbocycles. The van der Waals surface area contributed by atoms with Gasteiger partial charge >= 0.3 is 0 Å². The molecule has 0 saturated carbocycles. The smallest absolute Gasteiger partial charge is 0.136 e. The zero-order valence-corrected chi connectivity index (χ0v) is 29.5. The Hall–Kier alpha value is -6.38. The summed E-state index contributed by atoms with van der Waals surface area (Å²) in [5.74, 6) is 0. The van der Waals surface area contributed by atoms with Crippen LogP contribution in [0.3, 0.4) is 0 Å². The van der Waals surface area contributed by atoms with E-state index in [4.69, 9.17) is 4.42 Å². The minimum atomic E-state index is 0.0542. The van der Waals surface area contributed by atoms with Gasteiger partial charge in [-0.3, -0.25) is 0 Å². The summed E-state index contributed by atoms with van der Waals surface area (Å²) < 4.78 is 6.01. The fourth-order valence-electron chi connectivity index (χ4n) is 8.00. The number of fused-ring (bicyclic) bond motifs is 7. The van der Waals surface area contributed by atoms with E-state index in [1.54, 1.807) is 6.26 Å². The lowest BCUT2D eigenvalue weighted by Crippen LogP contribution is -2.14. The van der Waals surface area contributed by atoms with Crippen molar-refractivity contribution in [1.82, 2.24) is 0 Å². The first kappa shape index (κ1) is 30.4. The molecule has 10 rings (SSSR count). The van der Waals surface area contributed by atoms with E-state index in [-0.39, 0.29) is 5.41 Å². The normalized spacial score (nSPS) is 12.1. The summed E-state index contributed by atoms with van der Waals surface area (Å²) in [7, 11) is 0. The standard InChI is InChI=1S/C50H37NO/c1-50(2,3)39-17-20-40(21-18-39)51(49-42(33-12-8-5-9-13-33)22-23-48-43(49)24-25-52-48)41-19-16-36-29-45-44-28-35-15-14-34(32-10-6-4-7-11-32)26-37(35)30-46(44)47(45)31-38(36)27-41/h4-31H,1-3H3. The molecule has 1 heterocycles. The van der Waals surface area contributed by atoms with Gasteiger partial charge in [0, 0.05) is 22.3 Å². The van der Waals surface area contributed by atoms with Crippen LogP contribution in [-0.2, 0) is 5.41 Å². The van der Waals surface area contributed by atoms with Gasteiger partial charge in [0.05, 0.1) is 12.0 Å². The number of benzene rings is 8. The largest absolute Gasteiger partial charge is 0.464 e. The van der Waals surface area contributed by atoms with Crippen molar-refractivity contribution < 1.29 is 4.42 Å². The van der Waals surface area contributed by atoms with Crippen LogP contribution in [0.2, 0.25) is 0 Å². The Bertz CT molecular complexity index is 2800. The quantitative estimate of drug-likeness (QED) is 0.182. The Morgan fingerprint density at radius 1 is 0.423 bits per heavy atom. The average Bonchev–Trinajstić information content (AvgIpc) is 3.67. The van der Waals surface area contributed by atoms with Crippen LogP contribution in [0.15, 0.2) is 174 Å². The van der Waals surface area contributed by atoms with Crippen LogP contribution >= 0.6 is 0 Å². The fraction of sp³-hybridized carbons (Fsp3) is 0.0800. The van der Waals surface area contributed by atoms with Gasteiger partial charge in [-0.15, -0.1) is 0 Å². The van der Waals surface area contributed by atoms with Crippen molar-refractivity contribution in [2.24, 2.45) is 0 Å². The van der Waals surface area contributed by atoms with Crippen LogP contribution in [0, 0.1) is 0 Å². The lowest BCUT2D eigenvalue weighted by Gasteiger charge is -2.30. The summed E-state index contributed by atoms with van der Waals surface area (Å²) >= 11 is 0. The second kappa shape index (κ2) is 11.6. The lowest BCUT2D eigenvalue weighted by molar-refractivity contribution is 0.590. The number of anilines is 3. The molecular weight excluding hydrogens is 631 g/mol. The van der Waals surface area contributed by atoms with Crippen LogP contribution < -0.4 is 4.90 Å². The average molecular weight is 668 g/mol. The molecule has 1 aliphatic rings. The van der Waals surface area contributed by atoms with Crippen LogP contribution in [0.5, 0.6) is 0 Å². The van der Waals surface area contributed by atoms with Crippen molar-refractivity contribution in [2.45, 2.75) is 26.2 Å². The predicted molar refractivity (Wildman–Crippen MR) is 220 cm³/mol. The van der Waals surface area contributed by atoms with Crippen molar-refractivity contribution in [1.29, 1.82) is 0 Å². The highest BCUT2D eigenvalue weighted by Gasteiger charge is 2.26. The maximum atomic E-state index is 6.01. The van der Waals surface area contributed by atoms with Crippen molar-refractivity contribution in [3.63, 3.8) is 0 Å². The Balaban J connectivity index is 1.14. The van der Waals surface area contributed by atoms with Crippen molar-refractivity contribution in [3.8, 4) is 44.5 Å². The molecule has 1 aliphatic carbocycles. The van der Waals surface area contributed by atoms with E-state index in [9.17, 15) is 0 Å². The molecule has 0 bridgehead atoms. The summed E-state index contributed by atoms with van der Waals surface area (Å²) in [6.07, 6.45) is 1.80. The molecular formula is C50H37NO. The summed E-state index contributed by atoms with van der Waals surface area (Å²) in [4.78, 5) is 2.41. The first-order valence-corrected chi connectivity index (χ1v) is 18.1. The van der Waals surface area contributed by atoms with Crippen LogP contribution in [-0.4, -0.2) is 0 Å². The van der Waals surface area contributed by atoms with Crippen molar-refractivity contribution >= 4 is 49.6 Å². The van der Waals surface area contributed by atoms with E-state index >= 15 is 0 Å². The van der Waals surface area contributed by atoms with E-state index in [1.165, 1.54) is 66.1 Å². The Labute approximate surface area is 304 Å². The molecule has 0 aliphatic heterocycles. The molecule has 0 N–H and O–H groups in total. The van der Waals surface area contributed by atoms with Gasteiger partial charge in [0.1, 0.15) is 5.58 Å². The van der Waals surface area contributed by atoms with Crippen LogP contribution in [0.1, 0.15) is 26.3 Å². The lowest BCUT2D eigenvalue weighted by atomic mass is 9.77. The van der Waals surface area contributed by atoms with Gasteiger partial charge in [-0.2, -0.15) is 0 Å². The maximum absolute atomic E-state index is 6.01. The van der Waals surface area contributed by atoms with Gasteiger partial charge in [0.15, 0.2) is 0 Å². The van der Waals surface area contributed by atoms with Crippen molar-refractivity contribution in [2.75, 3.05) is 4.90 Å². The molecule has 0 radical (unpaired) electrons. The highest BCUT2D eigenvalue weighted by molar-refractivity contribution is 6.13. The summed E-state index contributed by atoms with van der Waals surface area (Å²) in [5.41, 5.74) is 15.6. The molecule has 2 heteroatoms. The molecule has 52 heavy (non-hydrogen) atoms. The Morgan fingerprint density at radius 3 is 1.65 bits per heavy atom. The number of nitrogens with zero attached hydrogens (tertiary/aromatic N) is 1. The first-order valence-electron chi connectivity index (χ1n) is 18.1. The van der Waals surface area contributed by atoms with Crippen LogP contribution in [0.25, 0.3) is 77.0 Å². The van der Waals surface area contributed by atoms with Gasteiger partial charge in [-0.1, -0.05) is 112 Å². The predicted octanol–water partition coefficient (Wildman–Crippen LogP) is 14.5. The minimum Gasteiger partial charge on any atom is -0.464 e. The van der Waals surface area contributed by atoms with Gasteiger partial charge in [-0.05, 0) is 144 Å². The SMILES string of the molecule is CC(C)(C)c1ccc(N(c2ccc3cc4c(cc3c2)-c2cc3cc(-c5ccccc5)ccc3cc2-4)c2c(-c3ccccc3)ccc3occc23)cc1. The zero-order valence-electron chi connectivity index (χ0n) is 29.5. The molecule has 0 saturated heterocycles. The number of rotatable bonds is 5. The third-order valence-corrected chi connectivity index (χ3v) is 10.8. The van der Waals surface area contributed by atoms with E-state index < -0.39 is 0 Å². The highest BCUT2D eigenvalue weighted by atomic mass is 16.3. The molecule has 2 nitrogen and oxygen atoms in total. The monoisotopic (exact) mass is 667 g/mol. The molecule has 9 aromatic rings. The molecule has 0 fully saturated rings. The second-order valence-corrected chi connectivity index (χ2v) is 15.0. The van der Waals surface area contributed by atoms with Crippen LogP contribution in [0.4, 0.5) is 17.1 Å². The van der Waals surface area contributed by atoms with Gasteiger partial charge in [0.25, 0.3) is 0 Å². The molecule has 0 spiro atoms. The van der Waals surface area contributed by atoms with Gasteiger partial charge in [0.2, 0.25) is 0 Å². The molecule has 0 unspecified atom stereocenters. The third kappa shape index (κ3) is 4.94. The Morgan fingerprint density at radius 2 is 1.00 bits per heavy atom. The number of hydrogen-bond acceptors (Lipinski definition) is 2. The zero-order chi connectivity index (χ0) is 35.0. The van der Waals surface area contributed by atoms with E-state index in [2.05, 4.69) is 189 Å². The maximum Gasteiger partial charge on any atom is 0.136 e. The van der Waals surface area contributed by atoms with Gasteiger partial charge < -0.3 is 9.32 Å². The second-order valence-electron chi connectivity index (χ2n) is 15.0.